The lowest BCUT2D eigenvalue weighted by Gasteiger charge is -2.28. The largest absolute Gasteiger partial charge is 0.493 e. The predicted molar refractivity (Wildman–Crippen MR) is 79.9 cm³/mol. The quantitative estimate of drug-likeness (QED) is 0.908. The number of para-hydroxylation sites is 1. The Labute approximate surface area is 131 Å². The second-order valence-corrected chi connectivity index (χ2v) is 4.89. The van der Waals surface area contributed by atoms with E-state index in [4.69, 9.17) is 4.74 Å². The Hall–Kier alpha value is -2.83. The molecule has 0 unspecified atom stereocenters. The first-order valence-corrected chi connectivity index (χ1v) is 6.87. The van der Waals surface area contributed by atoms with Gasteiger partial charge in [0.05, 0.1) is 12.7 Å². The van der Waals surface area contributed by atoms with Crippen molar-refractivity contribution in [3.05, 3.63) is 53.6 Å². The Morgan fingerprint density at radius 3 is 2.61 bits per heavy atom. The third-order valence-electron chi connectivity index (χ3n) is 3.48. The first kappa shape index (κ1) is 15.1. The average molecular weight is 320 g/mol. The van der Waals surface area contributed by atoms with Crippen LogP contribution in [0.5, 0.6) is 11.5 Å². The minimum Gasteiger partial charge on any atom is -0.493 e. The van der Waals surface area contributed by atoms with Crippen molar-refractivity contribution < 1.29 is 23.0 Å². The normalized spacial score (nSPS) is 16.3. The smallest absolute Gasteiger partial charge is 0.387 e. The zero-order valence-electron chi connectivity index (χ0n) is 12.2. The van der Waals surface area contributed by atoms with Crippen LogP contribution < -0.4 is 20.1 Å². The van der Waals surface area contributed by atoms with Gasteiger partial charge >= 0.3 is 6.61 Å². The van der Waals surface area contributed by atoms with E-state index in [-0.39, 0.29) is 17.4 Å². The molecule has 2 N–H and O–H groups in total. The second-order valence-electron chi connectivity index (χ2n) is 4.89. The molecule has 3 rings (SSSR count). The van der Waals surface area contributed by atoms with Crippen molar-refractivity contribution in [1.82, 2.24) is 5.32 Å². The number of rotatable bonds is 4. The van der Waals surface area contributed by atoms with Crippen LogP contribution in [0.3, 0.4) is 0 Å². The van der Waals surface area contributed by atoms with E-state index in [9.17, 15) is 13.6 Å². The Kier molecular flexibility index (Phi) is 4.01. The zero-order chi connectivity index (χ0) is 16.4. The Bertz CT molecular complexity index is 737. The lowest BCUT2D eigenvalue weighted by atomic mass is 10.1. The highest BCUT2D eigenvalue weighted by atomic mass is 19.3. The molecule has 0 fully saturated rings. The number of hydrogen-bond acceptors (Lipinski definition) is 4. The van der Waals surface area contributed by atoms with Crippen molar-refractivity contribution >= 4 is 11.6 Å². The number of halogens is 2. The number of anilines is 1. The molecule has 0 saturated heterocycles. The van der Waals surface area contributed by atoms with Crippen LogP contribution in [-0.2, 0) is 0 Å². The Morgan fingerprint density at radius 1 is 1.09 bits per heavy atom. The maximum absolute atomic E-state index is 12.5. The Balaban J connectivity index is 1.92. The third-order valence-corrected chi connectivity index (χ3v) is 3.48. The number of benzene rings is 2. The second kappa shape index (κ2) is 6.12. The van der Waals surface area contributed by atoms with E-state index >= 15 is 0 Å². The fraction of sp³-hybridized carbons (Fsp3) is 0.188. The van der Waals surface area contributed by atoms with Gasteiger partial charge in [0.25, 0.3) is 5.91 Å². The molecule has 1 aliphatic rings. The molecule has 0 bridgehead atoms. The SMILES string of the molecule is COc1ccc([C@@H]2NC(=O)c3ccccc3N2)cc1OC(F)F. The Morgan fingerprint density at radius 2 is 1.87 bits per heavy atom. The molecule has 1 amide bonds. The van der Waals surface area contributed by atoms with Gasteiger partial charge in [-0.2, -0.15) is 8.78 Å². The molecule has 1 atom stereocenters. The number of ether oxygens (including phenoxy) is 2. The standard InChI is InChI=1S/C16H14F2N2O3/c1-22-12-7-6-9(8-13(12)23-16(17)18)14-19-11-5-3-2-4-10(11)15(21)20-14/h2-8,14,16,19H,1H3,(H,20,21)/t14-/m0/s1. The van der Waals surface area contributed by atoms with Gasteiger partial charge in [0.2, 0.25) is 0 Å². The number of fused-ring (bicyclic) bond motifs is 1. The predicted octanol–water partition coefficient (Wildman–Crippen LogP) is 3.15. The van der Waals surface area contributed by atoms with Crippen LogP contribution in [0.2, 0.25) is 0 Å². The first-order valence-electron chi connectivity index (χ1n) is 6.87. The van der Waals surface area contributed by atoms with E-state index in [0.29, 0.717) is 16.8 Å². The molecule has 1 heterocycles. The van der Waals surface area contributed by atoms with Crippen molar-refractivity contribution in [2.75, 3.05) is 12.4 Å². The molecule has 0 saturated carbocycles. The maximum atomic E-state index is 12.5. The van der Waals surface area contributed by atoms with Gasteiger partial charge < -0.3 is 20.1 Å². The number of carbonyl (C=O) groups excluding carboxylic acids is 1. The number of carbonyl (C=O) groups is 1. The summed E-state index contributed by atoms with van der Waals surface area (Å²) in [6.07, 6.45) is -0.552. The molecule has 0 spiro atoms. The summed E-state index contributed by atoms with van der Waals surface area (Å²) in [5.74, 6) is -0.136. The minimum absolute atomic E-state index is 0.0880. The molecule has 23 heavy (non-hydrogen) atoms. The van der Waals surface area contributed by atoms with E-state index in [1.807, 2.05) is 0 Å². The molecule has 2 aromatic carbocycles. The van der Waals surface area contributed by atoms with Crippen LogP contribution in [0.25, 0.3) is 0 Å². The summed E-state index contributed by atoms with van der Waals surface area (Å²) in [7, 11) is 1.37. The topological polar surface area (TPSA) is 59.6 Å². The summed E-state index contributed by atoms with van der Waals surface area (Å²) in [6, 6.07) is 11.7. The van der Waals surface area contributed by atoms with Crippen molar-refractivity contribution in [3.63, 3.8) is 0 Å². The van der Waals surface area contributed by atoms with Crippen molar-refractivity contribution in [2.45, 2.75) is 12.8 Å². The van der Waals surface area contributed by atoms with Gasteiger partial charge in [-0.15, -0.1) is 0 Å². The molecular weight excluding hydrogens is 306 g/mol. The van der Waals surface area contributed by atoms with E-state index in [0.717, 1.165) is 0 Å². The van der Waals surface area contributed by atoms with Gasteiger partial charge in [-0.3, -0.25) is 4.79 Å². The molecule has 5 nitrogen and oxygen atoms in total. The molecule has 1 aliphatic heterocycles. The maximum Gasteiger partial charge on any atom is 0.387 e. The van der Waals surface area contributed by atoms with Gasteiger partial charge in [-0.1, -0.05) is 18.2 Å². The van der Waals surface area contributed by atoms with Crippen LogP contribution >= 0.6 is 0 Å². The lowest BCUT2D eigenvalue weighted by Crippen LogP contribution is -2.38. The van der Waals surface area contributed by atoms with Gasteiger partial charge in [0.15, 0.2) is 11.5 Å². The highest BCUT2D eigenvalue weighted by Gasteiger charge is 2.25. The third kappa shape index (κ3) is 3.03. The zero-order valence-corrected chi connectivity index (χ0v) is 12.2. The van der Waals surface area contributed by atoms with E-state index in [2.05, 4.69) is 15.4 Å². The number of hydrogen-bond donors (Lipinski definition) is 2. The van der Waals surface area contributed by atoms with Crippen LogP contribution in [0.15, 0.2) is 42.5 Å². The lowest BCUT2D eigenvalue weighted by molar-refractivity contribution is -0.0512. The summed E-state index contributed by atoms with van der Waals surface area (Å²) >= 11 is 0. The van der Waals surface area contributed by atoms with Gasteiger partial charge in [-0.25, -0.2) is 0 Å². The van der Waals surface area contributed by atoms with Gasteiger partial charge in [0.1, 0.15) is 6.17 Å². The summed E-state index contributed by atoms with van der Waals surface area (Å²) < 4.78 is 34.5. The monoisotopic (exact) mass is 320 g/mol. The van der Waals surface area contributed by atoms with Gasteiger partial charge in [-0.05, 0) is 29.8 Å². The van der Waals surface area contributed by atoms with Crippen LogP contribution in [0.4, 0.5) is 14.5 Å². The van der Waals surface area contributed by atoms with E-state index in [1.165, 1.54) is 19.2 Å². The highest BCUT2D eigenvalue weighted by molar-refractivity contribution is 6.01. The summed E-state index contributed by atoms with van der Waals surface area (Å²) in [5, 5.41) is 5.92. The van der Waals surface area contributed by atoms with Crippen LogP contribution in [0.1, 0.15) is 22.1 Å². The van der Waals surface area contributed by atoms with Crippen molar-refractivity contribution in [2.24, 2.45) is 0 Å². The molecule has 0 aromatic heterocycles. The number of amides is 1. The van der Waals surface area contributed by atoms with E-state index < -0.39 is 12.8 Å². The first-order chi connectivity index (χ1) is 11.1. The average Bonchev–Trinajstić information content (AvgIpc) is 2.54. The van der Waals surface area contributed by atoms with E-state index in [1.54, 1.807) is 30.3 Å². The number of methoxy groups -OCH3 is 1. The fourth-order valence-corrected chi connectivity index (χ4v) is 2.44. The van der Waals surface area contributed by atoms with Crippen LogP contribution in [0, 0.1) is 0 Å². The molecule has 7 heteroatoms. The molecule has 120 valence electrons. The van der Waals surface area contributed by atoms with Crippen molar-refractivity contribution in [1.29, 1.82) is 0 Å². The summed E-state index contributed by atoms with van der Waals surface area (Å²) in [5.41, 5.74) is 1.78. The van der Waals surface area contributed by atoms with Crippen LogP contribution in [-0.4, -0.2) is 19.6 Å². The molecule has 0 radical (unpaired) electrons. The van der Waals surface area contributed by atoms with Gasteiger partial charge in [0, 0.05) is 5.69 Å². The number of nitrogens with one attached hydrogen (secondary N) is 2. The molecule has 0 aliphatic carbocycles. The fourth-order valence-electron chi connectivity index (χ4n) is 2.44. The molecule has 2 aromatic rings. The minimum atomic E-state index is -2.96. The highest BCUT2D eigenvalue weighted by Crippen LogP contribution is 2.33. The van der Waals surface area contributed by atoms with Crippen molar-refractivity contribution in [3.8, 4) is 11.5 Å². The number of alkyl halides is 2. The summed E-state index contributed by atoms with van der Waals surface area (Å²) in [4.78, 5) is 12.1. The summed E-state index contributed by atoms with van der Waals surface area (Å²) in [6.45, 7) is -2.96. The molecular formula is C16H14F2N2O3.